The normalized spacial score (nSPS) is 10.3. The van der Waals surface area contributed by atoms with E-state index in [1.807, 2.05) is 32.0 Å². The fourth-order valence-electron chi connectivity index (χ4n) is 2.92. The van der Waals surface area contributed by atoms with Crippen LogP contribution in [0.15, 0.2) is 66.7 Å². The van der Waals surface area contributed by atoms with Gasteiger partial charge >= 0.3 is 0 Å². The van der Waals surface area contributed by atoms with Gasteiger partial charge in [-0.15, -0.1) is 0 Å². The standard InChI is InChI=1S/C25H26N2O4/c1-17-4-5-18(2)23(16-17)31-15-14-24(28)26-20-8-6-19(7-9-20)25(29)27-21-10-12-22(30-3)13-11-21/h4-13,16H,14-15H2,1-3H3,(H,26,28)(H,27,29). The molecule has 6 nitrogen and oxygen atoms in total. The number of hydrogen-bond donors (Lipinski definition) is 2. The van der Waals surface area contributed by atoms with Crippen molar-refractivity contribution in [3.63, 3.8) is 0 Å². The molecule has 0 bridgehead atoms. The van der Waals surface area contributed by atoms with Gasteiger partial charge in [-0.2, -0.15) is 0 Å². The van der Waals surface area contributed by atoms with Crippen LogP contribution in [-0.4, -0.2) is 25.5 Å². The first-order valence-electron chi connectivity index (χ1n) is 10.00. The van der Waals surface area contributed by atoms with Crippen molar-refractivity contribution in [1.82, 2.24) is 0 Å². The Balaban J connectivity index is 1.48. The molecule has 31 heavy (non-hydrogen) atoms. The van der Waals surface area contributed by atoms with Crippen molar-refractivity contribution in [3.8, 4) is 11.5 Å². The zero-order valence-electron chi connectivity index (χ0n) is 17.9. The number of rotatable bonds is 8. The predicted molar refractivity (Wildman–Crippen MR) is 122 cm³/mol. The first-order chi connectivity index (χ1) is 14.9. The molecule has 0 aliphatic carbocycles. The van der Waals surface area contributed by atoms with E-state index in [-0.39, 0.29) is 18.2 Å². The van der Waals surface area contributed by atoms with Crippen molar-refractivity contribution in [3.05, 3.63) is 83.4 Å². The molecule has 0 aliphatic rings. The highest BCUT2D eigenvalue weighted by Gasteiger charge is 2.08. The molecule has 0 saturated heterocycles. The summed E-state index contributed by atoms with van der Waals surface area (Å²) in [6.45, 7) is 4.26. The highest BCUT2D eigenvalue weighted by Crippen LogP contribution is 2.20. The van der Waals surface area contributed by atoms with Crippen molar-refractivity contribution in [2.45, 2.75) is 20.3 Å². The summed E-state index contributed by atoms with van der Waals surface area (Å²) >= 11 is 0. The molecule has 0 radical (unpaired) electrons. The maximum Gasteiger partial charge on any atom is 0.255 e. The largest absolute Gasteiger partial charge is 0.497 e. The van der Waals surface area contributed by atoms with E-state index in [0.29, 0.717) is 23.5 Å². The van der Waals surface area contributed by atoms with Gasteiger partial charge in [0.1, 0.15) is 11.5 Å². The zero-order chi connectivity index (χ0) is 22.2. The Kier molecular flexibility index (Phi) is 7.27. The van der Waals surface area contributed by atoms with Crippen LogP contribution in [0.1, 0.15) is 27.9 Å². The second-order valence-corrected chi connectivity index (χ2v) is 7.18. The smallest absolute Gasteiger partial charge is 0.255 e. The van der Waals surface area contributed by atoms with Crippen molar-refractivity contribution >= 4 is 23.2 Å². The van der Waals surface area contributed by atoms with Gasteiger partial charge in [-0.05, 0) is 79.6 Å². The number of aryl methyl sites for hydroxylation is 2. The third-order valence-electron chi connectivity index (χ3n) is 4.71. The van der Waals surface area contributed by atoms with E-state index in [2.05, 4.69) is 10.6 Å². The van der Waals surface area contributed by atoms with Crippen LogP contribution in [0.3, 0.4) is 0 Å². The minimum Gasteiger partial charge on any atom is -0.497 e. The van der Waals surface area contributed by atoms with Gasteiger partial charge in [-0.25, -0.2) is 0 Å². The average Bonchev–Trinajstić information content (AvgIpc) is 2.77. The number of carbonyl (C=O) groups is 2. The fraction of sp³-hybridized carbons (Fsp3) is 0.200. The third-order valence-corrected chi connectivity index (χ3v) is 4.71. The Morgan fingerprint density at radius 1 is 0.839 bits per heavy atom. The molecule has 0 saturated carbocycles. The number of ether oxygens (including phenoxy) is 2. The molecule has 6 heteroatoms. The van der Waals surface area contributed by atoms with E-state index in [0.717, 1.165) is 22.6 Å². The molecule has 0 atom stereocenters. The van der Waals surface area contributed by atoms with E-state index in [1.54, 1.807) is 55.6 Å². The Morgan fingerprint density at radius 2 is 1.48 bits per heavy atom. The van der Waals surface area contributed by atoms with Gasteiger partial charge < -0.3 is 20.1 Å². The van der Waals surface area contributed by atoms with Gasteiger partial charge in [0, 0.05) is 16.9 Å². The van der Waals surface area contributed by atoms with Crippen molar-refractivity contribution in [2.75, 3.05) is 24.4 Å². The lowest BCUT2D eigenvalue weighted by Gasteiger charge is -2.10. The zero-order valence-corrected chi connectivity index (χ0v) is 17.9. The quantitative estimate of drug-likeness (QED) is 0.541. The predicted octanol–water partition coefficient (Wildman–Crippen LogP) is 4.97. The fourth-order valence-corrected chi connectivity index (χ4v) is 2.92. The lowest BCUT2D eigenvalue weighted by molar-refractivity contribution is -0.116. The summed E-state index contributed by atoms with van der Waals surface area (Å²) in [5, 5.41) is 5.64. The minimum atomic E-state index is -0.232. The molecule has 0 spiro atoms. The van der Waals surface area contributed by atoms with Gasteiger partial charge in [0.25, 0.3) is 5.91 Å². The van der Waals surface area contributed by atoms with Gasteiger partial charge in [0.05, 0.1) is 20.1 Å². The molecule has 0 aliphatic heterocycles. The molecule has 3 rings (SSSR count). The second kappa shape index (κ2) is 10.3. The first kappa shape index (κ1) is 21.9. The summed E-state index contributed by atoms with van der Waals surface area (Å²) in [5.74, 6) is 1.13. The molecule has 160 valence electrons. The van der Waals surface area contributed by atoms with Crippen LogP contribution in [0, 0.1) is 13.8 Å². The Labute approximate surface area is 182 Å². The minimum absolute atomic E-state index is 0.152. The first-order valence-corrected chi connectivity index (χ1v) is 10.00. The van der Waals surface area contributed by atoms with Crippen LogP contribution in [0.4, 0.5) is 11.4 Å². The highest BCUT2D eigenvalue weighted by molar-refractivity contribution is 6.04. The molecule has 0 fully saturated rings. The van der Waals surface area contributed by atoms with Crippen LogP contribution in [0.25, 0.3) is 0 Å². The number of carbonyl (C=O) groups excluding carboxylic acids is 2. The average molecular weight is 418 g/mol. The summed E-state index contributed by atoms with van der Waals surface area (Å²) in [5.41, 5.74) is 3.94. The number of anilines is 2. The number of benzene rings is 3. The molecule has 0 unspecified atom stereocenters. The monoisotopic (exact) mass is 418 g/mol. The highest BCUT2D eigenvalue weighted by atomic mass is 16.5. The molecule has 2 N–H and O–H groups in total. The molecule has 3 aromatic rings. The molecule has 2 amide bonds. The molecule has 3 aromatic carbocycles. The van der Waals surface area contributed by atoms with Crippen molar-refractivity contribution in [1.29, 1.82) is 0 Å². The molecule has 0 heterocycles. The van der Waals surface area contributed by atoms with E-state index < -0.39 is 0 Å². The lowest BCUT2D eigenvalue weighted by atomic mass is 10.1. The maximum atomic E-state index is 12.4. The van der Waals surface area contributed by atoms with Crippen LogP contribution in [0.5, 0.6) is 11.5 Å². The lowest BCUT2D eigenvalue weighted by Crippen LogP contribution is -2.16. The van der Waals surface area contributed by atoms with E-state index in [9.17, 15) is 9.59 Å². The summed E-state index contributed by atoms with van der Waals surface area (Å²) in [6.07, 6.45) is 0.229. The number of amides is 2. The maximum absolute atomic E-state index is 12.4. The van der Waals surface area contributed by atoms with Crippen LogP contribution in [0.2, 0.25) is 0 Å². The molecular weight excluding hydrogens is 392 g/mol. The van der Waals surface area contributed by atoms with Crippen LogP contribution in [-0.2, 0) is 4.79 Å². The number of hydrogen-bond acceptors (Lipinski definition) is 4. The summed E-state index contributed by atoms with van der Waals surface area (Å²) in [6, 6.07) is 19.8. The third kappa shape index (κ3) is 6.34. The van der Waals surface area contributed by atoms with E-state index in [4.69, 9.17) is 9.47 Å². The topological polar surface area (TPSA) is 76.7 Å². The van der Waals surface area contributed by atoms with Crippen LogP contribution >= 0.6 is 0 Å². The second-order valence-electron chi connectivity index (χ2n) is 7.18. The Morgan fingerprint density at radius 3 is 2.16 bits per heavy atom. The molecule has 0 aromatic heterocycles. The molecular formula is C25H26N2O4. The van der Waals surface area contributed by atoms with E-state index in [1.165, 1.54) is 0 Å². The number of nitrogens with one attached hydrogen (secondary N) is 2. The van der Waals surface area contributed by atoms with Crippen molar-refractivity contribution < 1.29 is 19.1 Å². The van der Waals surface area contributed by atoms with Gasteiger partial charge in [-0.3, -0.25) is 9.59 Å². The number of methoxy groups -OCH3 is 1. The summed E-state index contributed by atoms with van der Waals surface area (Å²) in [4.78, 5) is 24.6. The van der Waals surface area contributed by atoms with Gasteiger partial charge in [0.2, 0.25) is 5.91 Å². The van der Waals surface area contributed by atoms with Gasteiger partial charge in [-0.1, -0.05) is 12.1 Å². The summed E-state index contributed by atoms with van der Waals surface area (Å²) in [7, 11) is 1.59. The Hall–Kier alpha value is -3.80. The van der Waals surface area contributed by atoms with E-state index >= 15 is 0 Å². The van der Waals surface area contributed by atoms with Crippen molar-refractivity contribution in [2.24, 2.45) is 0 Å². The summed E-state index contributed by atoms with van der Waals surface area (Å²) < 4.78 is 10.8. The Bertz CT molecular complexity index is 1040. The SMILES string of the molecule is COc1ccc(NC(=O)c2ccc(NC(=O)CCOc3cc(C)ccc3C)cc2)cc1. The van der Waals surface area contributed by atoms with Gasteiger partial charge in [0.15, 0.2) is 0 Å². The van der Waals surface area contributed by atoms with Crippen LogP contribution < -0.4 is 20.1 Å².